The molecule has 0 radical (unpaired) electrons. The van der Waals surface area contributed by atoms with Crippen molar-refractivity contribution in [2.24, 2.45) is 0 Å². The molecular formula is C16H20NO8P. The summed E-state index contributed by atoms with van der Waals surface area (Å²) in [6.45, 7) is 1.65. The molecule has 2 aromatic rings. The Labute approximate surface area is 149 Å². The third-order valence-electron chi connectivity index (χ3n) is 3.93. The first kappa shape index (κ1) is 20.0. The van der Waals surface area contributed by atoms with Gasteiger partial charge < -0.3 is 35.3 Å². The van der Waals surface area contributed by atoms with Crippen molar-refractivity contribution in [3.8, 4) is 17.2 Å². The topological polar surface area (TPSA) is 171 Å². The summed E-state index contributed by atoms with van der Waals surface area (Å²) in [6, 6.07) is 7.29. The average Bonchev–Trinajstić information content (AvgIpc) is 2.46. The summed E-state index contributed by atoms with van der Waals surface area (Å²) >= 11 is 0. The lowest BCUT2D eigenvalue weighted by Crippen LogP contribution is -2.34. The second-order valence-electron chi connectivity index (χ2n) is 5.82. The molecule has 0 aliphatic heterocycles. The Kier molecular flexibility index (Phi) is 5.50. The van der Waals surface area contributed by atoms with Gasteiger partial charge in [-0.1, -0.05) is 19.1 Å². The molecule has 2 rings (SSSR count). The van der Waals surface area contributed by atoms with Crippen LogP contribution in [0.25, 0.3) is 0 Å². The van der Waals surface area contributed by atoms with E-state index >= 15 is 0 Å². The van der Waals surface area contributed by atoms with Crippen LogP contribution in [0.3, 0.4) is 0 Å². The minimum Gasteiger partial charge on any atom is -0.508 e. The van der Waals surface area contributed by atoms with E-state index in [1.54, 1.807) is 12.0 Å². The predicted molar refractivity (Wildman–Crippen MR) is 92.7 cm³/mol. The van der Waals surface area contributed by atoms with E-state index in [2.05, 4.69) is 0 Å². The number of benzene rings is 2. The summed E-state index contributed by atoms with van der Waals surface area (Å²) in [5, 5.41) is 52.4. The summed E-state index contributed by atoms with van der Waals surface area (Å²) in [4.78, 5) is 18.3. The molecule has 0 bridgehead atoms. The van der Waals surface area contributed by atoms with Gasteiger partial charge in [0.1, 0.15) is 17.2 Å². The summed E-state index contributed by atoms with van der Waals surface area (Å²) < 4.78 is 11.3. The lowest BCUT2D eigenvalue weighted by molar-refractivity contribution is -0.189. The van der Waals surface area contributed by atoms with Gasteiger partial charge in [0, 0.05) is 18.1 Å². The van der Waals surface area contributed by atoms with Gasteiger partial charge in [-0.15, -0.1) is 0 Å². The Morgan fingerprint density at radius 2 is 1.62 bits per heavy atom. The Bertz CT molecular complexity index is 831. The van der Waals surface area contributed by atoms with Crippen LogP contribution in [0.5, 0.6) is 17.2 Å². The molecule has 0 saturated heterocycles. The van der Waals surface area contributed by atoms with E-state index in [1.807, 2.05) is 0 Å². The number of nitrogens with one attached hydrogen (secondary N) is 1. The highest BCUT2D eigenvalue weighted by atomic mass is 31.2. The van der Waals surface area contributed by atoms with E-state index in [-0.39, 0.29) is 12.2 Å². The third kappa shape index (κ3) is 4.27. The number of aromatic hydroxyl groups is 3. The molecule has 1 unspecified atom stereocenters. The second kappa shape index (κ2) is 7.14. The maximum absolute atomic E-state index is 11.3. The number of aliphatic hydroxyl groups is 2. The van der Waals surface area contributed by atoms with E-state index in [9.17, 15) is 30.1 Å². The molecule has 26 heavy (non-hydrogen) atoms. The molecule has 142 valence electrons. The largest absolute Gasteiger partial charge is 0.508 e. The van der Waals surface area contributed by atoms with Crippen LogP contribution in [0.2, 0.25) is 0 Å². The monoisotopic (exact) mass is 385 g/mol. The average molecular weight is 385 g/mol. The van der Waals surface area contributed by atoms with Crippen molar-refractivity contribution in [1.29, 1.82) is 0 Å². The van der Waals surface area contributed by atoms with Crippen LogP contribution in [0, 0.1) is 0 Å². The summed E-state index contributed by atoms with van der Waals surface area (Å²) in [5.41, 5.74) is -0.721. The first-order valence-corrected chi connectivity index (χ1v) is 9.21. The molecule has 0 aromatic heterocycles. The Balaban J connectivity index is 2.62. The molecule has 0 spiro atoms. The van der Waals surface area contributed by atoms with Gasteiger partial charge in [0.05, 0.1) is 11.3 Å². The quantitative estimate of drug-likeness (QED) is 0.272. The normalized spacial score (nSPS) is 13.4. The molecule has 0 aliphatic carbocycles. The highest BCUT2D eigenvalue weighted by molar-refractivity contribution is 7.53. The number of hydrogen-bond acceptors (Lipinski definition) is 6. The van der Waals surface area contributed by atoms with Crippen molar-refractivity contribution >= 4 is 13.4 Å². The fourth-order valence-electron chi connectivity index (χ4n) is 2.88. The van der Waals surface area contributed by atoms with Crippen LogP contribution >= 0.6 is 7.75 Å². The molecule has 0 aliphatic rings. The molecule has 1 atom stereocenters. The summed E-state index contributed by atoms with van der Waals surface area (Å²) in [7, 11) is -4.87. The zero-order valence-corrected chi connectivity index (χ0v) is 14.6. The number of phenols is 3. The Morgan fingerprint density at radius 3 is 2.12 bits per heavy atom. The van der Waals surface area contributed by atoms with Gasteiger partial charge in [0.25, 0.3) is 0 Å². The molecule has 0 amide bonds. The Hall–Kier alpha value is -2.29. The number of phenolic OH excluding ortho intramolecular Hbond substituents is 3. The fourth-order valence-corrected chi connectivity index (χ4v) is 3.37. The lowest BCUT2D eigenvalue weighted by Gasteiger charge is -2.33. The smallest absolute Gasteiger partial charge is 0.427 e. The van der Waals surface area contributed by atoms with Crippen molar-refractivity contribution in [1.82, 2.24) is 0 Å². The first-order chi connectivity index (χ1) is 12.0. The van der Waals surface area contributed by atoms with Crippen molar-refractivity contribution in [2.75, 3.05) is 5.09 Å². The minimum atomic E-state index is -4.87. The van der Waals surface area contributed by atoms with E-state index in [0.29, 0.717) is 5.56 Å². The molecule has 0 heterocycles. The van der Waals surface area contributed by atoms with Crippen LogP contribution in [0.1, 0.15) is 30.4 Å². The van der Waals surface area contributed by atoms with Crippen LogP contribution < -0.4 is 5.09 Å². The second-order valence-corrected chi connectivity index (χ2v) is 7.13. The van der Waals surface area contributed by atoms with Crippen LogP contribution in [-0.4, -0.2) is 35.3 Å². The van der Waals surface area contributed by atoms with Gasteiger partial charge >= 0.3 is 7.75 Å². The minimum absolute atomic E-state index is 0.0265. The highest BCUT2D eigenvalue weighted by Crippen LogP contribution is 2.48. The van der Waals surface area contributed by atoms with Crippen molar-refractivity contribution in [3.05, 3.63) is 47.5 Å². The maximum Gasteiger partial charge on any atom is 0.427 e. The van der Waals surface area contributed by atoms with Crippen molar-refractivity contribution in [2.45, 2.75) is 25.0 Å². The van der Waals surface area contributed by atoms with Crippen molar-refractivity contribution < 1.29 is 39.9 Å². The molecule has 10 heteroatoms. The van der Waals surface area contributed by atoms with Gasteiger partial charge in [-0.2, -0.15) is 0 Å². The van der Waals surface area contributed by atoms with Crippen LogP contribution in [0.4, 0.5) is 5.69 Å². The summed E-state index contributed by atoms with van der Waals surface area (Å²) in [5.74, 6) is -5.09. The van der Waals surface area contributed by atoms with Crippen molar-refractivity contribution in [3.63, 3.8) is 0 Å². The molecule has 0 fully saturated rings. The van der Waals surface area contributed by atoms with E-state index in [0.717, 1.165) is 12.1 Å². The summed E-state index contributed by atoms with van der Waals surface area (Å²) in [6.07, 6.45) is 0.174. The van der Waals surface area contributed by atoms with Gasteiger partial charge in [0.15, 0.2) is 0 Å². The molecule has 2 aromatic carbocycles. The highest BCUT2D eigenvalue weighted by Gasteiger charge is 2.41. The molecule has 8 N–H and O–H groups in total. The fraction of sp³-hybridized carbons (Fsp3) is 0.250. The van der Waals surface area contributed by atoms with Gasteiger partial charge in [-0.3, -0.25) is 5.09 Å². The van der Waals surface area contributed by atoms with Gasteiger partial charge in [-0.25, -0.2) is 4.57 Å². The van der Waals surface area contributed by atoms with E-state index in [4.69, 9.17) is 9.79 Å². The molecule has 9 nitrogen and oxygen atoms in total. The number of rotatable bonds is 6. The van der Waals surface area contributed by atoms with E-state index in [1.165, 1.54) is 24.3 Å². The number of anilines is 1. The predicted octanol–water partition coefficient (Wildman–Crippen LogP) is 1.64. The molecule has 0 saturated carbocycles. The standard InChI is InChI=1S/C16H20NO8P/c1-2-12(9-3-5-10(18)6-4-9)16(21,22)15-13(17-26(23,24)25)7-11(19)8-14(15)20/h3-8,12,18-22H,2H2,1H3,(H3,17,23,24,25). The van der Waals surface area contributed by atoms with Crippen LogP contribution in [0.15, 0.2) is 36.4 Å². The zero-order chi connectivity index (χ0) is 19.7. The van der Waals surface area contributed by atoms with Gasteiger partial charge in [0.2, 0.25) is 5.79 Å². The van der Waals surface area contributed by atoms with Crippen LogP contribution in [-0.2, 0) is 10.4 Å². The van der Waals surface area contributed by atoms with Gasteiger partial charge in [-0.05, 0) is 24.1 Å². The maximum atomic E-state index is 11.3. The Morgan fingerprint density at radius 1 is 1.04 bits per heavy atom. The SMILES string of the molecule is CCC(c1ccc(O)cc1)C(O)(O)c1c(O)cc(O)cc1NP(=O)(O)O. The first-order valence-electron chi connectivity index (χ1n) is 7.59. The van der Waals surface area contributed by atoms with E-state index < -0.39 is 42.2 Å². The lowest BCUT2D eigenvalue weighted by atomic mass is 9.83. The number of hydrogen-bond donors (Lipinski definition) is 8. The third-order valence-corrected chi connectivity index (χ3v) is 4.46. The zero-order valence-electron chi connectivity index (χ0n) is 13.7. The molecular weight excluding hydrogens is 365 g/mol.